The van der Waals surface area contributed by atoms with Crippen LogP contribution in [-0.4, -0.2) is 37.1 Å². The first-order valence-electron chi connectivity index (χ1n) is 5.11. The maximum atomic E-state index is 12.1. The Hall–Kier alpha value is -0.710. The van der Waals surface area contributed by atoms with Crippen LogP contribution in [0.2, 0.25) is 0 Å². The second-order valence-corrected chi connectivity index (χ2v) is 6.66. The van der Waals surface area contributed by atoms with E-state index in [0.29, 0.717) is 16.6 Å². The Morgan fingerprint density at radius 2 is 2.17 bits per heavy atom. The van der Waals surface area contributed by atoms with Crippen molar-refractivity contribution in [2.24, 2.45) is 0 Å². The number of rotatable bonds is 3. The SMILES string of the molecule is O=C(O)c1cc(S(=O)(=O)N2CCCO2)ccc1I. The lowest BCUT2D eigenvalue weighted by Crippen LogP contribution is -2.27. The molecule has 1 aromatic rings. The smallest absolute Gasteiger partial charge is 0.336 e. The number of sulfonamides is 1. The molecular weight excluding hydrogens is 373 g/mol. The quantitative estimate of drug-likeness (QED) is 0.796. The Labute approximate surface area is 118 Å². The standard InChI is InChI=1S/C10H10INO5S/c11-9-3-2-7(6-8(9)10(13)14)18(15,16)12-4-1-5-17-12/h2-3,6H,1,4-5H2,(H,13,14). The minimum Gasteiger partial charge on any atom is -0.478 e. The summed E-state index contributed by atoms with van der Waals surface area (Å²) in [5.74, 6) is -1.15. The molecule has 0 aliphatic carbocycles. The minimum atomic E-state index is -3.77. The van der Waals surface area contributed by atoms with Crippen molar-refractivity contribution in [1.82, 2.24) is 4.47 Å². The van der Waals surface area contributed by atoms with Crippen LogP contribution in [0.3, 0.4) is 0 Å². The Morgan fingerprint density at radius 3 is 2.72 bits per heavy atom. The monoisotopic (exact) mass is 383 g/mol. The van der Waals surface area contributed by atoms with Crippen LogP contribution in [0.4, 0.5) is 0 Å². The van der Waals surface area contributed by atoms with E-state index in [1.54, 1.807) is 0 Å². The van der Waals surface area contributed by atoms with Gasteiger partial charge in [-0.1, -0.05) is 4.47 Å². The van der Waals surface area contributed by atoms with Crippen LogP contribution in [0.5, 0.6) is 0 Å². The van der Waals surface area contributed by atoms with Gasteiger partial charge in [-0.25, -0.2) is 13.2 Å². The number of hydroxylamine groups is 1. The molecule has 18 heavy (non-hydrogen) atoms. The van der Waals surface area contributed by atoms with Gasteiger partial charge in [-0.2, -0.15) is 0 Å². The van der Waals surface area contributed by atoms with Crippen molar-refractivity contribution >= 4 is 38.6 Å². The predicted molar refractivity (Wildman–Crippen MR) is 70.6 cm³/mol. The van der Waals surface area contributed by atoms with Gasteiger partial charge in [0.25, 0.3) is 10.0 Å². The van der Waals surface area contributed by atoms with E-state index in [2.05, 4.69) is 0 Å². The molecule has 1 N–H and O–H groups in total. The van der Waals surface area contributed by atoms with E-state index < -0.39 is 16.0 Å². The van der Waals surface area contributed by atoms with Crippen LogP contribution in [-0.2, 0) is 14.9 Å². The molecular formula is C10H10INO5S. The maximum absolute atomic E-state index is 12.1. The highest BCUT2D eigenvalue weighted by Gasteiger charge is 2.29. The van der Waals surface area contributed by atoms with Crippen LogP contribution in [0, 0.1) is 3.57 Å². The molecule has 0 radical (unpaired) electrons. The molecule has 0 aromatic heterocycles. The van der Waals surface area contributed by atoms with Gasteiger partial charge < -0.3 is 5.11 Å². The van der Waals surface area contributed by atoms with E-state index in [0.717, 1.165) is 10.5 Å². The van der Waals surface area contributed by atoms with Crippen molar-refractivity contribution in [2.45, 2.75) is 11.3 Å². The summed E-state index contributed by atoms with van der Waals surface area (Å²) >= 11 is 1.85. The third kappa shape index (κ3) is 2.51. The fourth-order valence-electron chi connectivity index (χ4n) is 1.56. The number of halogens is 1. The van der Waals surface area contributed by atoms with Gasteiger partial charge in [0, 0.05) is 10.1 Å². The van der Waals surface area contributed by atoms with E-state index in [4.69, 9.17) is 9.94 Å². The van der Waals surface area contributed by atoms with Crippen molar-refractivity contribution in [3.05, 3.63) is 27.3 Å². The van der Waals surface area contributed by atoms with Crippen molar-refractivity contribution in [2.75, 3.05) is 13.2 Å². The Bertz CT molecular complexity index is 580. The molecule has 1 saturated heterocycles. The number of benzene rings is 1. The summed E-state index contributed by atoms with van der Waals surface area (Å²) < 4.78 is 25.6. The zero-order valence-corrected chi connectivity index (χ0v) is 12.1. The second kappa shape index (κ2) is 5.11. The summed E-state index contributed by atoms with van der Waals surface area (Å²) in [5.41, 5.74) is -0.0316. The molecule has 1 aliphatic rings. The van der Waals surface area contributed by atoms with Crippen molar-refractivity contribution in [1.29, 1.82) is 0 Å². The first kappa shape index (κ1) is 13.7. The number of hydrogen-bond acceptors (Lipinski definition) is 4. The van der Waals surface area contributed by atoms with Crippen LogP contribution in [0.1, 0.15) is 16.8 Å². The maximum Gasteiger partial charge on any atom is 0.336 e. The Morgan fingerprint density at radius 1 is 1.44 bits per heavy atom. The van der Waals surface area contributed by atoms with Gasteiger partial charge in [0.05, 0.1) is 17.1 Å². The topological polar surface area (TPSA) is 83.9 Å². The van der Waals surface area contributed by atoms with E-state index in [-0.39, 0.29) is 17.0 Å². The molecule has 1 heterocycles. The van der Waals surface area contributed by atoms with Gasteiger partial charge in [0.1, 0.15) is 0 Å². The minimum absolute atomic E-state index is 0.0316. The summed E-state index contributed by atoms with van der Waals surface area (Å²) in [5, 5.41) is 8.98. The summed E-state index contributed by atoms with van der Waals surface area (Å²) in [7, 11) is -3.77. The van der Waals surface area contributed by atoms with E-state index in [9.17, 15) is 13.2 Å². The van der Waals surface area contributed by atoms with Gasteiger partial charge in [-0.3, -0.25) is 4.84 Å². The third-order valence-electron chi connectivity index (χ3n) is 2.45. The number of hydrogen-bond donors (Lipinski definition) is 1. The zero-order chi connectivity index (χ0) is 13.3. The van der Waals surface area contributed by atoms with E-state index >= 15 is 0 Å². The van der Waals surface area contributed by atoms with Crippen molar-refractivity contribution < 1.29 is 23.2 Å². The van der Waals surface area contributed by atoms with Crippen molar-refractivity contribution in [3.8, 4) is 0 Å². The molecule has 0 amide bonds. The normalized spacial score (nSPS) is 16.9. The second-order valence-electron chi connectivity index (χ2n) is 3.66. The fraction of sp³-hybridized carbons (Fsp3) is 0.300. The fourth-order valence-corrected chi connectivity index (χ4v) is 3.45. The molecule has 1 aliphatic heterocycles. The molecule has 2 rings (SSSR count). The molecule has 1 aromatic carbocycles. The van der Waals surface area contributed by atoms with Gasteiger partial charge in [-0.05, 0) is 47.2 Å². The predicted octanol–water partition coefficient (Wildman–Crippen LogP) is 1.32. The van der Waals surface area contributed by atoms with Crippen LogP contribution >= 0.6 is 22.6 Å². The molecule has 6 nitrogen and oxygen atoms in total. The van der Waals surface area contributed by atoms with Crippen molar-refractivity contribution in [3.63, 3.8) is 0 Å². The number of carboxylic acids is 1. The third-order valence-corrected chi connectivity index (χ3v) is 5.07. The lowest BCUT2D eigenvalue weighted by molar-refractivity contribution is -0.0284. The number of nitrogens with zero attached hydrogens (tertiary/aromatic N) is 1. The number of aromatic carboxylic acids is 1. The molecule has 0 bridgehead atoms. The lowest BCUT2D eigenvalue weighted by atomic mass is 10.2. The van der Waals surface area contributed by atoms with Crippen LogP contribution in [0.25, 0.3) is 0 Å². The average Bonchev–Trinajstić information content (AvgIpc) is 2.82. The van der Waals surface area contributed by atoms with Gasteiger partial charge in [0.2, 0.25) is 0 Å². The largest absolute Gasteiger partial charge is 0.478 e. The number of carbonyl (C=O) groups is 1. The molecule has 98 valence electrons. The molecule has 1 fully saturated rings. The molecule has 8 heteroatoms. The van der Waals surface area contributed by atoms with Crippen LogP contribution < -0.4 is 0 Å². The molecule has 0 atom stereocenters. The highest BCUT2D eigenvalue weighted by molar-refractivity contribution is 14.1. The van der Waals surface area contributed by atoms with E-state index in [1.165, 1.54) is 12.1 Å². The molecule has 0 saturated carbocycles. The molecule has 0 spiro atoms. The molecule has 0 unspecified atom stereocenters. The summed E-state index contributed by atoms with van der Waals surface area (Å²) in [6.45, 7) is 0.645. The summed E-state index contributed by atoms with van der Waals surface area (Å²) in [6, 6.07) is 4.00. The first-order valence-corrected chi connectivity index (χ1v) is 7.63. The van der Waals surface area contributed by atoms with Gasteiger partial charge in [0.15, 0.2) is 0 Å². The van der Waals surface area contributed by atoms with E-state index in [1.807, 2.05) is 22.6 Å². The number of carboxylic acid groups (broad SMARTS) is 1. The van der Waals surface area contributed by atoms with Gasteiger partial charge in [-0.15, -0.1) is 0 Å². The Balaban J connectivity index is 2.45. The highest BCUT2D eigenvalue weighted by Crippen LogP contribution is 2.23. The summed E-state index contributed by atoms with van der Waals surface area (Å²) in [6.07, 6.45) is 0.634. The first-order chi connectivity index (χ1) is 8.43. The summed E-state index contributed by atoms with van der Waals surface area (Å²) in [4.78, 5) is 15.9. The Kier molecular flexibility index (Phi) is 3.90. The van der Waals surface area contributed by atoms with Gasteiger partial charge >= 0.3 is 5.97 Å². The highest BCUT2D eigenvalue weighted by atomic mass is 127. The lowest BCUT2D eigenvalue weighted by Gasteiger charge is -2.14. The van der Waals surface area contributed by atoms with Crippen LogP contribution in [0.15, 0.2) is 23.1 Å². The average molecular weight is 383 g/mol. The zero-order valence-electron chi connectivity index (χ0n) is 9.17.